The second-order valence-corrected chi connectivity index (χ2v) is 10.5. The largest absolute Gasteiger partial charge is 0.337 e. The Morgan fingerprint density at radius 1 is 1.26 bits per heavy atom. The molecule has 35 heavy (non-hydrogen) atoms. The number of carbonyl (C=O) groups is 3. The average Bonchev–Trinajstić information content (AvgIpc) is 3.62. The Labute approximate surface area is 205 Å². The lowest BCUT2D eigenvalue weighted by atomic mass is 10.0. The molecule has 6 rings (SSSR count). The molecule has 3 aliphatic rings. The zero-order chi connectivity index (χ0) is 24.5. The van der Waals surface area contributed by atoms with Gasteiger partial charge in [-0.3, -0.25) is 14.4 Å². The summed E-state index contributed by atoms with van der Waals surface area (Å²) in [5, 5.41) is 23.7. The quantitative estimate of drug-likeness (QED) is 0.407. The molecule has 2 aliphatic carbocycles. The first-order valence-electron chi connectivity index (χ1n) is 11.5. The molecule has 3 aromatic rings. The standard InChI is InChI=1S/C25H22N6O3S/c1-12-3-4-16(7-15(12)10-26)28-22(33)20-13(2)19(18-9-14-8-17(14)31(18)20)21(32)23(34)29-25(5-6-25)24-30-27-11-35-24/h3-4,7,11,14,17H,5-6,8-9H2,1-2H3,(H,28,33)(H,29,34)/t14-,17-/m1/s1. The van der Waals surface area contributed by atoms with Gasteiger partial charge in [-0.15, -0.1) is 21.5 Å². The van der Waals surface area contributed by atoms with Gasteiger partial charge in [0.15, 0.2) is 0 Å². The van der Waals surface area contributed by atoms with Gasteiger partial charge in [0.25, 0.3) is 17.6 Å². The number of fused-ring (bicyclic) bond motifs is 3. The fourth-order valence-electron chi connectivity index (χ4n) is 5.23. The Morgan fingerprint density at radius 3 is 2.74 bits per heavy atom. The summed E-state index contributed by atoms with van der Waals surface area (Å²) in [6.07, 6.45) is 3.07. The molecule has 2 aromatic heterocycles. The molecule has 2 fully saturated rings. The van der Waals surface area contributed by atoms with Gasteiger partial charge in [-0.1, -0.05) is 6.07 Å². The molecule has 1 aromatic carbocycles. The number of rotatable bonds is 6. The lowest BCUT2D eigenvalue weighted by molar-refractivity contribution is -0.118. The van der Waals surface area contributed by atoms with Crippen LogP contribution in [0.2, 0.25) is 0 Å². The molecule has 176 valence electrons. The maximum Gasteiger partial charge on any atom is 0.293 e. The van der Waals surface area contributed by atoms with E-state index < -0.39 is 17.2 Å². The van der Waals surface area contributed by atoms with E-state index in [9.17, 15) is 19.6 Å². The number of hydrogen-bond acceptors (Lipinski definition) is 7. The van der Waals surface area contributed by atoms with Gasteiger partial charge < -0.3 is 15.2 Å². The number of aromatic nitrogens is 3. The van der Waals surface area contributed by atoms with E-state index in [4.69, 9.17) is 0 Å². The molecule has 2 saturated carbocycles. The molecule has 0 spiro atoms. The number of nitrogens with one attached hydrogen (secondary N) is 2. The van der Waals surface area contributed by atoms with E-state index in [2.05, 4.69) is 26.9 Å². The fourth-order valence-corrected chi connectivity index (χ4v) is 6.00. The van der Waals surface area contributed by atoms with Crippen LogP contribution in [0.5, 0.6) is 0 Å². The predicted octanol–water partition coefficient (Wildman–Crippen LogP) is 3.19. The molecule has 10 heteroatoms. The highest BCUT2D eigenvalue weighted by Crippen LogP contribution is 2.54. The van der Waals surface area contributed by atoms with Crippen molar-refractivity contribution < 1.29 is 14.4 Å². The number of Topliss-reactive ketones (excluding diaryl/α,β-unsaturated/α-hetero) is 1. The number of amides is 2. The van der Waals surface area contributed by atoms with Crippen molar-refractivity contribution in [3.05, 3.63) is 62.4 Å². The van der Waals surface area contributed by atoms with Crippen LogP contribution in [0.1, 0.15) is 73.5 Å². The predicted molar refractivity (Wildman–Crippen MR) is 127 cm³/mol. The molecule has 3 heterocycles. The first-order chi connectivity index (χ1) is 16.8. The zero-order valence-electron chi connectivity index (χ0n) is 19.2. The molecular weight excluding hydrogens is 464 g/mol. The minimum absolute atomic E-state index is 0.179. The van der Waals surface area contributed by atoms with E-state index in [1.165, 1.54) is 11.3 Å². The number of ketones is 1. The minimum atomic E-state index is -0.682. The molecule has 9 nitrogen and oxygen atoms in total. The lowest BCUT2D eigenvalue weighted by Crippen LogP contribution is -2.39. The van der Waals surface area contributed by atoms with E-state index >= 15 is 0 Å². The van der Waals surface area contributed by atoms with Crippen molar-refractivity contribution in [3.8, 4) is 6.07 Å². The topological polar surface area (TPSA) is 130 Å². The second-order valence-electron chi connectivity index (χ2n) is 9.64. The Hall–Kier alpha value is -3.84. The molecule has 2 atom stereocenters. The number of aryl methyl sites for hydroxylation is 1. The normalized spacial score (nSPS) is 20.4. The van der Waals surface area contributed by atoms with Gasteiger partial charge in [0.2, 0.25) is 0 Å². The highest BCUT2D eigenvalue weighted by atomic mass is 32.1. The number of nitrogens with zero attached hydrogens (tertiary/aromatic N) is 4. The Morgan fingerprint density at radius 2 is 2.06 bits per heavy atom. The number of benzene rings is 1. The Bertz CT molecular complexity index is 1460. The summed E-state index contributed by atoms with van der Waals surface area (Å²) >= 11 is 1.36. The van der Waals surface area contributed by atoms with E-state index in [0.29, 0.717) is 58.3 Å². The van der Waals surface area contributed by atoms with Crippen molar-refractivity contribution in [2.24, 2.45) is 5.92 Å². The van der Waals surface area contributed by atoms with E-state index in [1.807, 2.05) is 11.5 Å². The molecular formula is C25H22N6O3S. The molecule has 2 amide bonds. The number of hydrogen-bond donors (Lipinski definition) is 2. The van der Waals surface area contributed by atoms with Crippen LogP contribution in [0.25, 0.3) is 0 Å². The highest BCUT2D eigenvalue weighted by molar-refractivity contribution is 7.09. The average molecular weight is 487 g/mol. The van der Waals surface area contributed by atoms with Gasteiger partial charge >= 0.3 is 0 Å². The number of nitriles is 1. The van der Waals surface area contributed by atoms with Crippen molar-refractivity contribution in [2.75, 3.05) is 5.32 Å². The van der Waals surface area contributed by atoms with Crippen LogP contribution in [-0.2, 0) is 16.8 Å². The summed E-state index contributed by atoms with van der Waals surface area (Å²) in [4.78, 5) is 39.9. The molecule has 2 N–H and O–H groups in total. The van der Waals surface area contributed by atoms with Gasteiger partial charge in [0, 0.05) is 17.4 Å². The minimum Gasteiger partial charge on any atom is -0.337 e. The molecule has 0 bridgehead atoms. The van der Waals surface area contributed by atoms with Gasteiger partial charge in [0.05, 0.1) is 22.7 Å². The summed E-state index contributed by atoms with van der Waals surface area (Å²) in [7, 11) is 0. The summed E-state index contributed by atoms with van der Waals surface area (Å²) in [6, 6.07) is 7.48. The van der Waals surface area contributed by atoms with Crippen molar-refractivity contribution in [3.63, 3.8) is 0 Å². The van der Waals surface area contributed by atoms with Crippen molar-refractivity contribution in [1.82, 2.24) is 20.1 Å². The van der Waals surface area contributed by atoms with Gasteiger partial charge in [-0.25, -0.2) is 0 Å². The smallest absolute Gasteiger partial charge is 0.293 e. The van der Waals surface area contributed by atoms with Gasteiger partial charge in [-0.05, 0) is 68.7 Å². The molecule has 0 saturated heterocycles. The third kappa shape index (κ3) is 3.38. The van der Waals surface area contributed by atoms with Gasteiger partial charge in [-0.2, -0.15) is 5.26 Å². The van der Waals surface area contributed by atoms with Crippen molar-refractivity contribution >= 4 is 34.6 Å². The molecule has 0 radical (unpaired) electrons. The SMILES string of the molecule is Cc1ccc(NC(=O)c2c(C)c(C(=O)C(=O)NC3(c4nncs4)CC3)c3n2[C@@H]2C[C@@H]2C3)cc1C#N. The van der Waals surface area contributed by atoms with E-state index in [0.717, 1.165) is 17.7 Å². The summed E-state index contributed by atoms with van der Waals surface area (Å²) in [5.74, 6) is -1.26. The highest BCUT2D eigenvalue weighted by Gasteiger charge is 2.52. The maximum atomic E-state index is 13.4. The van der Waals surface area contributed by atoms with Crippen molar-refractivity contribution in [1.29, 1.82) is 5.26 Å². The zero-order valence-corrected chi connectivity index (χ0v) is 20.0. The second kappa shape index (κ2) is 7.58. The number of anilines is 1. The summed E-state index contributed by atoms with van der Waals surface area (Å²) in [6.45, 7) is 3.56. The monoisotopic (exact) mass is 486 g/mol. The number of carbonyl (C=O) groups excluding carboxylic acids is 3. The van der Waals surface area contributed by atoms with Crippen LogP contribution >= 0.6 is 11.3 Å². The summed E-state index contributed by atoms with van der Waals surface area (Å²) in [5.41, 5.74) is 4.82. The van der Waals surface area contributed by atoms with Crippen LogP contribution in [0.15, 0.2) is 23.7 Å². The third-order valence-corrected chi connectivity index (χ3v) is 8.25. The lowest BCUT2D eigenvalue weighted by Gasteiger charge is -2.14. The van der Waals surface area contributed by atoms with Crippen LogP contribution in [0, 0.1) is 31.1 Å². The molecule has 0 unspecified atom stereocenters. The van der Waals surface area contributed by atoms with Crippen LogP contribution in [0.4, 0.5) is 5.69 Å². The Balaban J connectivity index is 1.31. The summed E-state index contributed by atoms with van der Waals surface area (Å²) < 4.78 is 1.95. The van der Waals surface area contributed by atoms with Crippen molar-refractivity contribution in [2.45, 2.75) is 51.1 Å². The maximum absolute atomic E-state index is 13.4. The third-order valence-electron chi connectivity index (χ3n) is 7.36. The van der Waals surface area contributed by atoms with Crippen LogP contribution in [0.3, 0.4) is 0 Å². The van der Waals surface area contributed by atoms with Gasteiger partial charge in [0.1, 0.15) is 16.2 Å². The van der Waals surface area contributed by atoms with Crippen LogP contribution < -0.4 is 10.6 Å². The Kier molecular flexibility index (Phi) is 4.70. The van der Waals surface area contributed by atoms with Crippen LogP contribution in [-0.4, -0.2) is 32.4 Å². The molecule has 1 aliphatic heterocycles. The van der Waals surface area contributed by atoms with E-state index in [-0.39, 0.29) is 11.9 Å². The first-order valence-corrected chi connectivity index (χ1v) is 12.4. The van der Waals surface area contributed by atoms with E-state index in [1.54, 1.807) is 30.6 Å². The first kappa shape index (κ1) is 21.7. The fraction of sp³-hybridized carbons (Fsp3) is 0.360.